The summed E-state index contributed by atoms with van der Waals surface area (Å²) in [6, 6.07) is 3.59. The third-order valence-electron chi connectivity index (χ3n) is 3.38. The van der Waals surface area contributed by atoms with Crippen LogP contribution in [0.2, 0.25) is 5.02 Å². The Balaban J connectivity index is 1.72. The first-order valence-electron chi connectivity index (χ1n) is 6.59. The van der Waals surface area contributed by atoms with Crippen molar-refractivity contribution in [2.24, 2.45) is 0 Å². The molecule has 8 heteroatoms. The van der Waals surface area contributed by atoms with Crippen LogP contribution in [0.15, 0.2) is 29.0 Å². The Morgan fingerprint density at radius 1 is 1.43 bits per heavy atom. The first-order chi connectivity index (χ1) is 10.3. The minimum absolute atomic E-state index is 0.0426. The van der Waals surface area contributed by atoms with Gasteiger partial charge in [-0.3, -0.25) is 4.40 Å². The maximum atomic E-state index is 6.11. The van der Waals surface area contributed by atoms with Crippen LogP contribution in [0.1, 0.15) is 11.9 Å². The molecule has 7 nitrogen and oxygen atoms in total. The van der Waals surface area contributed by atoms with Crippen LogP contribution in [-0.4, -0.2) is 39.3 Å². The van der Waals surface area contributed by atoms with E-state index in [1.54, 1.807) is 12.3 Å². The van der Waals surface area contributed by atoms with Gasteiger partial charge >= 0.3 is 0 Å². The second kappa shape index (κ2) is 5.10. The first kappa shape index (κ1) is 12.8. The summed E-state index contributed by atoms with van der Waals surface area (Å²) in [6.07, 6.45) is 3.53. The zero-order valence-corrected chi connectivity index (χ0v) is 11.7. The van der Waals surface area contributed by atoms with E-state index in [0.29, 0.717) is 41.3 Å². The lowest BCUT2D eigenvalue weighted by Crippen LogP contribution is -2.35. The summed E-state index contributed by atoms with van der Waals surface area (Å²) in [5.74, 6) is 0.994. The minimum Gasteiger partial charge on any atom is -0.378 e. The molecule has 108 valence electrons. The lowest BCUT2D eigenvalue weighted by atomic mass is 10.2. The average Bonchev–Trinajstić information content (AvgIpc) is 3.15. The molecule has 1 unspecified atom stereocenters. The SMILES string of the molecule is Clc1cccn2c(-c3nc(C4COCCN4)no3)cnc12. The predicted molar refractivity (Wildman–Crippen MR) is 75.1 cm³/mol. The highest BCUT2D eigenvalue weighted by molar-refractivity contribution is 6.33. The van der Waals surface area contributed by atoms with Gasteiger partial charge in [0.15, 0.2) is 11.5 Å². The molecule has 4 rings (SSSR count). The predicted octanol–water partition coefficient (Wildman–Crippen LogP) is 1.70. The van der Waals surface area contributed by atoms with Crippen LogP contribution >= 0.6 is 11.6 Å². The highest BCUT2D eigenvalue weighted by Crippen LogP contribution is 2.24. The zero-order chi connectivity index (χ0) is 14.2. The van der Waals surface area contributed by atoms with E-state index in [9.17, 15) is 0 Å². The van der Waals surface area contributed by atoms with Crippen LogP contribution in [0.5, 0.6) is 0 Å². The van der Waals surface area contributed by atoms with Gasteiger partial charge in [0.25, 0.3) is 5.89 Å². The van der Waals surface area contributed by atoms with Gasteiger partial charge in [0, 0.05) is 12.7 Å². The molecule has 4 heterocycles. The van der Waals surface area contributed by atoms with Crippen molar-refractivity contribution in [3.05, 3.63) is 35.4 Å². The number of nitrogens with zero attached hydrogens (tertiary/aromatic N) is 4. The van der Waals surface area contributed by atoms with Crippen molar-refractivity contribution in [3.8, 4) is 11.6 Å². The average molecular weight is 306 g/mol. The van der Waals surface area contributed by atoms with Gasteiger partial charge in [-0.15, -0.1) is 0 Å². The van der Waals surface area contributed by atoms with E-state index in [1.165, 1.54) is 0 Å². The van der Waals surface area contributed by atoms with E-state index < -0.39 is 0 Å². The van der Waals surface area contributed by atoms with Crippen LogP contribution < -0.4 is 5.32 Å². The van der Waals surface area contributed by atoms with Gasteiger partial charge in [-0.05, 0) is 12.1 Å². The molecule has 0 aromatic carbocycles. The summed E-state index contributed by atoms with van der Waals surface area (Å²) in [6.45, 7) is 2.02. The van der Waals surface area contributed by atoms with E-state index in [0.717, 1.165) is 6.54 Å². The number of morpholine rings is 1. The fourth-order valence-electron chi connectivity index (χ4n) is 2.35. The van der Waals surface area contributed by atoms with Crippen LogP contribution in [0.25, 0.3) is 17.2 Å². The molecule has 1 atom stereocenters. The minimum atomic E-state index is -0.0426. The van der Waals surface area contributed by atoms with Crippen molar-refractivity contribution in [2.75, 3.05) is 19.8 Å². The van der Waals surface area contributed by atoms with Crippen LogP contribution in [-0.2, 0) is 4.74 Å². The summed E-state index contributed by atoms with van der Waals surface area (Å²) < 4.78 is 12.6. The topological polar surface area (TPSA) is 77.5 Å². The van der Waals surface area contributed by atoms with Gasteiger partial charge < -0.3 is 14.6 Å². The number of hydrogen-bond acceptors (Lipinski definition) is 6. The molecule has 21 heavy (non-hydrogen) atoms. The second-order valence-corrected chi connectivity index (χ2v) is 5.14. The van der Waals surface area contributed by atoms with E-state index in [4.69, 9.17) is 20.9 Å². The van der Waals surface area contributed by atoms with Crippen molar-refractivity contribution in [1.82, 2.24) is 24.8 Å². The number of pyridine rings is 1. The summed E-state index contributed by atoms with van der Waals surface area (Å²) in [5.41, 5.74) is 1.37. The molecular formula is C13H12ClN5O2. The van der Waals surface area contributed by atoms with Crippen molar-refractivity contribution >= 4 is 17.2 Å². The van der Waals surface area contributed by atoms with Gasteiger partial charge in [-0.2, -0.15) is 4.98 Å². The van der Waals surface area contributed by atoms with Crippen LogP contribution in [0.3, 0.4) is 0 Å². The van der Waals surface area contributed by atoms with E-state index in [-0.39, 0.29) is 6.04 Å². The highest BCUT2D eigenvalue weighted by Gasteiger charge is 2.22. The highest BCUT2D eigenvalue weighted by atomic mass is 35.5. The largest absolute Gasteiger partial charge is 0.378 e. The summed E-state index contributed by atoms with van der Waals surface area (Å²) in [4.78, 5) is 8.71. The number of fused-ring (bicyclic) bond motifs is 1. The molecular weight excluding hydrogens is 294 g/mol. The summed E-state index contributed by atoms with van der Waals surface area (Å²) in [5, 5.41) is 7.88. The summed E-state index contributed by atoms with van der Waals surface area (Å²) >= 11 is 6.11. The number of nitrogens with one attached hydrogen (secondary N) is 1. The molecule has 1 fully saturated rings. The van der Waals surface area contributed by atoms with Crippen LogP contribution in [0.4, 0.5) is 0 Å². The Labute approximate surface area is 124 Å². The van der Waals surface area contributed by atoms with E-state index in [2.05, 4.69) is 20.4 Å². The van der Waals surface area contributed by atoms with Crippen molar-refractivity contribution in [3.63, 3.8) is 0 Å². The third-order valence-corrected chi connectivity index (χ3v) is 3.68. The Morgan fingerprint density at radius 3 is 3.24 bits per heavy atom. The monoisotopic (exact) mass is 305 g/mol. The molecule has 0 amide bonds. The first-order valence-corrected chi connectivity index (χ1v) is 6.97. The Morgan fingerprint density at radius 2 is 2.38 bits per heavy atom. The summed E-state index contributed by atoms with van der Waals surface area (Å²) in [7, 11) is 0. The zero-order valence-electron chi connectivity index (χ0n) is 11.0. The second-order valence-electron chi connectivity index (χ2n) is 4.73. The molecule has 3 aromatic heterocycles. The molecule has 0 saturated carbocycles. The van der Waals surface area contributed by atoms with Gasteiger partial charge in [-0.25, -0.2) is 4.98 Å². The molecule has 1 aliphatic heterocycles. The van der Waals surface area contributed by atoms with Crippen molar-refractivity contribution < 1.29 is 9.26 Å². The molecule has 1 aliphatic rings. The van der Waals surface area contributed by atoms with Gasteiger partial charge in [0.1, 0.15) is 5.69 Å². The van der Waals surface area contributed by atoms with Crippen molar-refractivity contribution in [1.29, 1.82) is 0 Å². The normalized spacial score (nSPS) is 19.2. The standard InChI is InChI=1S/C13H12ClN5O2/c14-8-2-1-4-19-10(6-16-12(8)19)13-17-11(18-21-13)9-7-20-5-3-15-9/h1-2,4,6,9,15H,3,5,7H2. The molecule has 0 spiro atoms. The van der Waals surface area contributed by atoms with Gasteiger partial charge in [-0.1, -0.05) is 16.8 Å². The van der Waals surface area contributed by atoms with Crippen LogP contribution in [0, 0.1) is 0 Å². The fourth-order valence-corrected chi connectivity index (χ4v) is 2.56. The lowest BCUT2D eigenvalue weighted by Gasteiger charge is -2.20. The molecule has 0 radical (unpaired) electrons. The quantitative estimate of drug-likeness (QED) is 0.776. The van der Waals surface area contributed by atoms with Crippen molar-refractivity contribution in [2.45, 2.75) is 6.04 Å². The Bertz CT molecular complexity index is 778. The maximum Gasteiger partial charge on any atom is 0.276 e. The number of aromatic nitrogens is 4. The number of rotatable bonds is 2. The fraction of sp³-hybridized carbons (Fsp3) is 0.308. The number of ether oxygens (including phenoxy) is 1. The number of hydrogen-bond donors (Lipinski definition) is 1. The molecule has 1 saturated heterocycles. The number of imidazole rings is 1. The Kier molecular flexibility index (Phi) is 3.10. The molecule has 3 aromatic rings. The molecule has 0 aliphatic carbocycles. The smallest absolute Gasteiger partial charge is 0.276 e. The van der Waals surface area contributed by atoms with E-state index in [1.807, 2.05) is 16.7 Å². The van der Waals surface area contributed by atoms with E-state index >= 15 is 0 Å². The maximum absolute atomic E-state index is 6.11. The number of halogens is 1. The molecule has 0 bridgehead atoms. The Hall–Kier alpha value is -1.96. The van der Waals surface area contributed by atoms with Gasteiger partial charge in [0.2, 0.25) is 0 Å². The lowest BCUT2D eigenvalue weighted by molar-refractivity contribution is 0.0734. The molecule has 1 N–H and O–H groups in total. The van der Waals surface area contributed by atoms with Gasteiger partial charge in [0.05, 0.1) is 30.5 Å². The third kappa shape index (κ3) is 2.19.